The van der Waals surface area contributed by atoms with Crippen molar-refractivity contribution < 1.29 is 13.6 Å². The molecule has 0 saturated carbocycles. The van der Waals surface area contributed by atoms with E-state index in [0.717, 1.165) is 31.6 Å². The van der Waals surface area contributed by atoms with Crippen molar-refractivity contribution in [1.29, 1.82) is 0 Å². The normalized spacial score (nSPS) is 20.7. The Morgan fingerprint density at radius 3 is 3.04 bits per heavy atom. The van der Waals surface area contributed by atoms with Crippen molar-refractivity contribution in [2.24, 2.45) is 0 Å². The average Bonchev–Trinajstić information content (AvgIpc) is 3.39. The Morgan fingerprint density at radius 1 is 1.27 bits per heavy atom. The van der Waals surface area contributed by atoms with E-state index in [9.17, 15) is 9.18 Å². The Morgan fingerprint density at radius 2 is 2.19 bits per heavy atom. The Kier molecular flexibility index (Phi) is 3.44. The number of nitrogens with zero attached hydrogens (tertiary/aromatic N) is 5. The molecule has 2 aliphatic heterocycles. The highest BCUT2D eigenvalue weighted by Gasteiger charge is 2.29. The summed E-state index contributed by atoms with van der Waals surface area (Å²) in [6, 6.07) is 5.06. The van der Waals surface area contributed by atoms with Gasteiger partial charge in [0.25, 0.3) is 6.01 Å². The van der Waals surface area contributed by atoms with Gasteiger partial charge >= 0.3 is 0 Å². The molecule has 26 heavy (non-hydrogen) atoms. The summed E-state index contributed by atoms with van der Waals surface area (Å²) >= 11 is 0. The average molecular weight is 355 g/mol. The topological polar surface area (TPSA) is 67.4 Å². The highest BCUT2D eigenvalue weighted by Crippen LogP contribution is 2.30. The SMILES string of the molecule is O=C1CCCN1c1cnn(C2CCN(c3nc4ccc(F)cc4o3)C2)c1. The summed E-state index contributed by atoms with van der Waals surface area (Å²) in [7, 11) is 0. The van der Waals surface area contributed by atoms with Gasteiger partial charge in [0.2, 0.25) is 5.91 Å². The van der Waals surface area contributed by atoms with E-state index in [1.54, 1.807) is 17.2 Å². The Balaban J connectivity index is 1.33. The maximum atomic E-state index is 13.3. The number of halogens is 1. The summed E-state index contributed by atoms with van der Waals surface area (Å²) in [6.45, 7) is 2.27. The quantitative estimate of drug-likeness (QED) is 0.723. The predicted molar refractivity (Wildman–Crippen MR) is 93.6 cm³/mol. The molecule has 2 fully saturated rings. The van der Waals surface area contributed by atoms with Crippen LogP contribution in [0.5, 0.6) is 0 Å². The number of benzene rings is 1. The van der Waals surface area contributed by atoms with E-state index in [0.29, 0.717) is 30.1 Å². The first-order chi connectivity index (χ1) is 12.7. The molecule has 0 spiro atoms. The minimum absolute atomic E-state index is 0.163. The monoisotopic (exact) mass is 355 g/mol. The Hall–Kier alpha value is -2.90. The fraction of sp³-hybridized carbons (Fsp3) is 0.389. The van der Waals surface area contributed by atoms with Gasteiger partial charge < -0.3 is 14.2 Å². The number of amides is 1. The number of carbonyl (C=O) groups excluding carboxylic acids is 1. The van der Waals surface area contributed by atoms with E-state index >= 15 is 0 Å². The van der Waals surface area contributed by atoms with E-state index in [4.69, 9.17) is 4.42 Å². The van der Waals surface area contributed by atoms with Gasteiger partial charge in [0, 0.05) is 38.3 Å². The largest absolute Gasteiger partial charge is 0.423 e. The molecule has 4 heterocycles. The summed E-state index contributed by atoms with van der Waals surface area (Å²) in [4.78, 5) is 20.2. The van der Waals surface area contributed by atoms with E-state index in [1.807, 2.05) is 15.8 Å². The van der Waals surface area contributed by atoms with Crippen molar-refractivity contribution in [1.82, 2.24) is 14.8 Å². The summed E-state index contributed by atoms with van der Waals surface area (Å²) in [5, 5.41) is 4.46. The molecule has 1 aromatic carbocycles. The van der Waals surface area contributed by atoms with Gasteiger partial charge in [-0.25, -0.2) is 4.39 Å². The van der Waals surface area contributed by atoms with Gasteiger partial charge in [0.15, 0.2) is 5.58 Å². The maximum Gasteiger partial charge on any atom is 0.298 e. The molecule has 2 saturated heterocycles. The maximum absolute atomic E-state index is 13.3. The summed E-state index contributed by atoms with van der Waals surface area (Å²) in [5.41, 5.74) is 1.97. The van der Waals surface area contributed by atoms with Crippen LogP contribution >= 0.6 is 0 Å². The molecule has 7 nitrogen and oxygen atoms in total. The standard InChI is InChI=1S/C18H18FN5O2/c19-12-3-4-15-16(8-12)26-18(21-15)22-7-5-13(10-22)24-11-14(9-20-24)23-6-1-2-17(23)25/h3-4,8-9,11,13H,1-2,5-7,10H2. The molecule has 2 aliphatic rings. The van der Waals surface area contributed by atoms with E-state index < -0.39 is 0 Å². The van der Waals surface area contributed by atoms with Crippen molar-refractivity contribution in [3.63, 3.8) is 0 Å². The van der Waals surface area contributed by atoms with Crippen molar-refractivity contribution >= 4 is 28.7 Å². The molecule has 0 aliphatic carbocycles. The molecular weight excluding hydrogens is 337 g/mol. The number of carbonyl (C=O) groups is 1. The van der Waals surface area contributed by atoms with E-state index in [2.05, 4.69) is 10.1 Å². The molecule has 0 radical (unpaired) electrons. The summed E-state index contributed by atoms with van der Waals surface area (Å²) in [5.74, 6) is -0.170. The van der Waals surface area contributed by atoms with Crippen LogP contribution in [-0.2, 0) is 4.79 Å². The van der Waals surface area contributed by atoms with Crippen LogP contribution in [0.4, 0.5) is 16.1 Å². The second-order valence-corrected chi connectivity index (χ2v) is 6.82. The zero-order chi connectivity index (χ0) is 17.7. The molecule has 1 amide bonds. The molecule has 8 heteroatoms. The van der Waals surface area contributed by atoms with Gasteiger partial charge in [-0.05, 0) is 25.0 Å². The zero-order valence-electron chi connectivity index (χ0n) is 14.1. The smallest absolute Gasteiger partial charge is 0.298 e. The third-order valence-corrected chi connectivity index (χ3v) is 5.12. The second kappa shape index (κ2) is 5.82. The number of hydrogen-bond donors (Lipinski definition) is 0. The molecule has 3 aromatic rings. The number of oxazole rings is 1. The first kappa shape index (κ1) is 15.4. The third-order valence-electron chi connectivity index (χ3n) is 5.12. The Bertz CT molecular complexity index is 981. The van der Waals surface area contributed by atoms with Crippen LogP contribution in [0.25, 0.3) is 11.1 Å². The summed E-state index contributed by atoms with van der Waals surface area (Å²) in [6.07, 6.45) is 6.12. The molecule has 2 aromatic heterocycles. The Labute approximate surface area is 149 Å². The van der Waals surface area contributed by atoms with Gasteiger partial charge in [-0.1, -0.05) is 0 Å². The molecule has 0 bridgehead atoms. The number of anilines is 2. The van der Waals surface area contributed by atoms with Crippen molar-refractivity contribution in [2.45, 2.75) is 25.3 Å². The van der Waals surface area contributed by atoms with Crippen molar-refractivity contribution in [3.8, 4) is 0 Å². The lowest BCUT2D eigenvalue weighted by molar-refractivity contribution is -0.117. The zero-order valence-corrected chi connectivity index (χ0v) is 14.1. The molecule has 134 valence electrons. The predicted octanol–water partition coefficient (Wildman–Crippen LogP) is 2.74. The number of fused-ring (bicyclic) bond motifs is 1. The third kappa shape index (κ3) is 2.53. The highest BCUT2D eigenvalue weighted by atomic mass is 19.1. The highest BCUT2D eigenvalue weighted by molar-refractivity contribution is 5.95. The van der Waals surface area contributed by atoms with Gasteiger partial charge in [-0.2, -0.15) is 10.1 Å². The number of aromatic nitrogens is 3. The lowest BCUT2D eigenvalue weighted by Crippen LogP contribution is -2.23. The summed E-state index contributed by atoms with van der Waals surface area (Å²) < 4.78 is 21.0. The van der Waals surface area contributed by atoms with Crippen molar-refractivity contribution in [3.05, 3.63) is 36.4 Å². The van der Waals surface area contributed by atoms with Crippen LogP contribution < -0.4 is 9.80 Å². The minimum Gasteiger partial charge on any atom is -0.423 e. The number of rotatable bonds is 3. The van der Waals surface area contributed by atoms with E-state index in [-0.39, 0.29) is 17.8 Å². The second-order valence-electron chi connectivity index (χ2n) is 6.82. The van der Waals surface area contributed by atoms with Crippen molar-refractivity contribution in [2.75, 3.05) is 29.4 Å². The van der Waals surface area contributed by atoms with Gasteiger partial charge in [0.05, 0.1) is 17.9 Å². The minimum atomic E-state index is -0.333. The van der Waals surface area contributed by atoms with Gasteiger partial charge in [0.1, 0.15) is 11.3 Å². The van der Waals surface area contributed by atoms with Gasteiger partial charge in [-0.15, -0.1) is 0 Å². The molecule has 1 atom stereocenters. The lowest BCUT2D eigenvalue weighted by Gasteiger charge is -2.14. The van der Waals surface area contributed by atoms with Gasteiger partial charge in [-0.3, -0.25) is 9.48 Å². The van der Waals surface area contributed by atoms with Crippen LogP contribution in [-0.4, -0.2) is 40.3 Å². The molecule has 0 N–H and O–H groups in total. The van der Waals surface area contributed by atoms with Crippen LogP contribution in [0.1, 0.15) is 25.3 Å². The van der Waals surface area contributed by atoms with E-state index in [1.165, 1.54) is 12.1 Å². The molecular formula is C18H18FN5O2. The van der Waals surface area contributed by atoms with Crippen LogP contribution in [0.2, 0.25) is 0 Å². The molecule has 1 unspecified atom stereocenters. The van der Waals surface area contributed by atoms with Crippen LogP contribution in [0.15, 0.2) is 35.0 Å². The number of hydrogen-bond acceptors (Lipinski definition) is 5. The first-order valence-corrected chi connectivity index (χ1v) is 8.83. The lowest BCUT2D eigenvalue weighted by atomic mass is 10.3. The fourth-order valence-corrected chi connectivity index (χ4v) is 3.74. The fourth-order valence-electron chi connectivity index (χ4n) is 3.74. The molecule has 5 rings (SSSR count). The van der Waals surface area contributed by atoms with Crippen LogP contribution in [0.3, 0.4) is 0 Å². The van der Waals surface area contributed by atoms with Crippen LogP contribution in [0, 0.1) is 5.82 Å². The first-order valence-electron chi connectivity index (χ1n) is 8.83.